The van der Waals surface area contributed by atoms with Gasteiger partial charge in [0.15, 0.2) is 0 Å². The van der Waals surface area contributed by atoms with E-state index in [1.54, 1.807) is 0 Å². The summed E-state index contributed by atoms with van der Waals surface area (Å²) in [6, 6.07) is 8.44. The summed E-state index contributed by atoms with van der Waals surface area (Å²) < 4.78 is 2.21. The average molecular weight is 368 g/mol. The molecule has 0 radical (unpaired) electrons. The Hall–Kier alpha value is -2.37. The van der Waals surface area contributed by atoms with Gasteiger partial charge in [0.1, 0.15) is 0 Å². The molecule has 0 aliphatic heterocycles. The van der Waals surface area contributed by atoms with Crippen LogP contribution in [0.1, 0.15) is 57.9 Å². The number of benzene rings is 1. The first-order valence-electron chi connectivity index (χ1n) is 10.2. The molecule has 0 spiro atoms. The number of carbonyl (C=O) groups excluding carboxylic acids is 2. The van der Waals surface area contributed by atoms with E-state index in [1.807, 2.05) is 18.2 Å². The van der Waals surface area contributed by atoms with E-state index in [2.05, 4.69) is 33.2 Å². The number of imidazole rings is 1. The van der Waals surface area contributed by atoms with Crippen molar-refractivity contribution in [1.29, 1.82) is 0 Å². The molecule has 2 N–H and O–H groups in total. The Morgan fingerprint density at radius 3 is 2.67 bits per heavy atom. The molecule has 2 aliphatic rings. The van der Waals surface area contributed by atoms with Crippen LogP contribution in [0, 0.1) is 11.8 Å². The monoisotopic (exact) mass is 368 g/mol. The molecule has 1 aromatic carbocycles. The molecule has 2 atom stereocenters. The third-order valence-electron chi connectivity index (χ3n) is 5.88. The number of hydrogen-bond donors (Lipinski definition) is 2. The van der Waals surface area contributed by atoms with Crippen molar-refractivity contribution in [3.05, 3.63) is 24.3 Å². The van der Waals surface area contributed by atoms with Crippen LogP contribution in [-0.2, 0) is 9.59 Å². The van der Waals surface area contributed by atoms with Crippen LogP contribution < -0.4 is 10.6 Å². The smallest absolute Gasteiger partial charge is 0.228 e. The number of carbonyl (C=O) groups is 2. The zero-order valence-corrected chi connectivity index (χ0v) is 15.9. The maximum Gasteiger partial charge on any atom is 0.228 e. The van der Waals surface area contributed by atoms with Gasteiger partial charge >= 0.3 is 0 Å². The van der Waals surface area contributed by atoms with Crippen molar-refractivity contribution in [2.45, 2.75) is 57.9 Å². The molecule has 2 fully saturated rings. The Kier molecular flexibility index (Phi) is 5.14. The third-order valence-corrected chi connectivity index (χ3v) is 5.88. The van der Waals surface area contributed by atoms with Crippen molar-refractivity contribution in [2.75, 3.05) is 11.9 Å². The lowest BCUT2D eigenvalue weighted by atomic mass is 9.95. The van der Waals surface area contributed by atoms with Crippen LogP contribution in [0.4, 0.5) is 5.95 Å². The summed E-state index contributed by atoms with van der Waals surface area (Å²) in [7, 11) is 0. The van der Waals surface area contributed by atoms with Gasteiger partial charge in [-0.25, -0.2) is 4.98 Å². The van der Waals surface area contributed by atoms with Crippen LogP contribution in [-0.4, -0.2) is 27.9 Å². The minimum atomic E-state index is -0.105. The summed E-state index contributed by atoms with van der Waals surface area (Å²) >= 11 is 0. The highest BCUT2D eigenvalue weighted by Crippen LogP contribution is 2.37. The molecule has 1 heterocycles. The van der Waals surface area contributed by atoms with E-state index in [1.165, 1.54) is 19.3 Å². The van der Waals surface area contributed by atoms with Gasteiger partial charge in [-0.3, -0.25) is 14.9 Å². The van der Waals surface area contributed by atoms with E-state index in [-0.39, 0.29) is 24.2 Å². The van der Waals surface area contributed by atoms with Gasteiger partial charge in [-0.05, 0) is 37.3 Å². The predicted octanol–water partition coefficient (Wildman–Crippen LogP) is 3.64. The van der Waals surface area contributed by atoms with E-state index in [4.69, 9.17) is 0 Å². The largest absolute Gasteiger partial charge is 0.355 e. The van der Waals surface area contributed by atoms with Crippen molar-refractivity contribution in [2.24, 2.45) is 11.8 Å². The first kappa shape index (κ1) is 18.0. The van der Waals surface area contributed by atoms with Crippen LogP contribution in [0.25, 0.3) is 11.0 Å². The number of amides is 2. The number of hydrogen-bond acceptors (Lipinski definition) is 3. The lowest BCUT2D eigenvalue weighted by Gasteiger charge is -2.25. The lowest BCUT2D eigenvalue weighted by molar-refractivity contribution is -0.122. The maximum atomic E-state index is 12.4. The second-order valence-corrected chi connectivity index (χ2v) is 7.99. The summed E-state index contributed by atoms with van der Waals surface area (Å²) in [6.45, 7) is 2.45. The Morgan fingerprint density at radius 1 is 1.19 bits per heavy atom. The molecular weight excluding hydrogens is 340 g/mol. The Bertz CT molecular complexity index is 838. The number of nitrogens with one attached hydrogen (secondary N) is 2. The van der Waals surface area contributed by atoms with Crippen LogP contribution in [0.15, 0.2) is 24.3 Å². The Balaban J connectivity index is 1.42. The van der Waals surface area contributed by atoms with Gasteiger partial charge in [0.25, 0.3) is 0 Å². The zero-order valence-electron chi connectivity index (χ0n) is 15.9. The van der Waals surface area contributed by atoms with E-state index in [0.717, 1.165) is 30.3 Å². The highest BCUT2D eigenvalue weighted by molar-refractivity contribution is 5.92. The van der Waals surface area contributed by atoms with Gasteiger partial charge in [0.05, 0.1) is 11.0 Å². The molecule has 6 heteroatoms. The summed E-state index contributed by atoms with van der Waals surface area (Å²) in [6.07, 6.45) is 7.19. The molecule has 2 aliphatic carbocycles. The number of fused-ring (bicyclic) bond motifs is 1. The molecule has 0 unspecified atom stereocenters. The topological polar surface area (TPSA) is 76.0 Å². The first-order valence-corrected chi connectivity index (χ1v) is 10.2. The predicted molar refractivity (Wildman–Crippen MR) is 105 cm³/mol. The maximum absolute atomic E-state index is 12.4. The number of rotatable bonds is 6. The number of para-hydroxylation sites is 2. The van der Waals surface area contributed by atoms with E-state index in [9.17, 15) is 9.59 Å². The van der Waals surface area contributed by atoms with Crippen LogP contribution in [0.5, 0.6) is 0 Å². The van der Waals surface area contributed by atoms with Crippen LogP contribution in [0.2, 0.25) is 0 Å². The van der Waals surface area contributed by atoms with E-state index < -0.39 is 0 Å². The third kappa shape index (κ3) is 3.99. The summed E-state index contributed by atoms with van der Waals surface area (Å²) in [5.74, 6) is 1.23. The molecule has 4 rings (SSSR count). The molecule has 0 saturated heterocycles. The molecule has 1 aromatic heterocycles. The van der Waals surface area contributed by atoms with Crippen molar-refractivity contribution < 1.29 is 9.59 Å². The number of aromatic nitrogens is 2. The second kappa shape index (κ2) is 7.71. The fourth-order valence-electron chi connectivity index (χ4n) is 4.15. The quantitative estimate of drug-likeness (QED) is 0.817. The second-order valence-electron chi connectivity index (χ2n) is 7.99. The van der Waals surface area contributed by atoms with E-state index >= 15 is 0 Å². The summed E-state index contributed by atoms with van der Waals surface area (Å²) in [4.78, 5) is 29.0. The first-order chi connectivity index (χ1) is 13.1. The van der Waals surface area contributed by atoms with Crippen molar-refractivity contribution in [3.63, 3.8) is 0 Å². The van der Waals surface area contributed by atoms with Gasteiger partial charge in [-0.1, -0.05) is 38.3 Å². The molecule has 2 saturated carbocycles. The Labute approximate surface area is 159 Å². The fourth-order valence-corrected chi connectivity index (χ4v) is 4.15. The minimum absolute atomic E-state index is 0.0738. The lowest BCUT2D eigenvalue weighted by Crippen LogP contribution is -2.29. The molecule has 2 aromatic rings. The SMILES string of the molecule is C[C@H]1C[C@@H]1C(=O)NCCC(=O)Nc1nc2ccccc2n1C1CCCCC1. The van der Waals surface area contributed by atoms with Crippen LogP contribution in [0.3, 0.4) is 0 Å². The van der Waals surface area contributed by atoms with Crippen LogP contribution >= 0.6 is 0 Å². The van der Waals surface area contributed by atoms with Crippen molar-refractivity contribution in [1.82, 2.24) is 14.9 Å². The molecular formula is C21H28N4O2. The highest BCUT2D eigenvalue weighted by atomic mass is 16.2. The Morgan fingerprint density at radius 2 is 1.93 bits per heavy atom. The molecule has 0 bridgehead atoms. The fraction of sp³-hybridized carbons (Fsp3) is 0.571. The average Bonchev–Trinajstić information content (AvgIpc) is 3.30. The molecule has 144 valence electrons. The van der Waals surface area contributed by atoms with Crippen molar-refractivity contribution in [3.8, 4) is 0 Å². The standard InChI is InChI=1S/C21H28N4O2/c1-14-13-16(14)20(27)22-12-11-19(26)24-21-23-17-9-5-6-10-18(17)25(21)15-7-3-2-4-8-15/h5-6,9-10,14-16H,2-4,7-8,11-13H2,1H3,(H,22,27)(H,23,24,26)/t14-,16-/m0/s1. The van der Waals surface area contributed by atoms with Gasteiger partial charge in [-0.2, -0.15) is 0 Å². The molecule has 2 amide bonds. The van der Waals surface area contributed by atoms with Gasteiger partial charge in [-0.15, -0.1) is 0 Å². The normalized spacial score (nSPS) is 22.6. The van der Waals surface area contributed by atoms with Crippen molar-refractivity contribution >= 4 is 28.8 Å². The molecule has 27 heavy (non-hydrogen) atoms. The minimum Gasteiger partial charge on any atom is -0.355 e. The molecule has 6 nitrogen and oxygen atoms in total. The van der Waals surface area contributed by atoms with Gasteiger partial charge < -0.3 is 9.88 Å². The number of nitrogens with zero attached hydrogens (tertiary/aromatic N) is 2. The zero-order chi connectivity index (χ0) is 18.8. The van der Waals surface area contributed by atoms with Gasteiger partial charge in [0.2, 0.25) is 17.8 Å². The van der Waals surface area contributed by atoms with E-state index in [0.29, 0.717) is 24.5 Å². The highest BCUT2D eigenvalue weighted by Gasteiger charge is 2.38. The number of anilines is 1. The van der Waals surface area contributed by atoms with Gasteiger partial charge in [0, 0.05) is 24.9 Å². The summed E-state index contributed by atoms with van der Waals surface area (Å²) in [5.41, 5.74) is 1.99. The summed E-state index contributed by atoms with van der Waals surface area (Å²) in [5, 5.41) is 5.86.